The molecule has 3 heterocycles. The van der Waals surface area contributed by atoms with Gasteiger partial charge in [-0.1, -0.05) is 12.1 Å². The summed E-state index contributed by atoms with van der Waals surface area (Å²) < 4.78 is 7.27. The molecule has 0 unspecified atom stereocenters. The van der Waals surface area contributed by atoms with Crippen LogP contribution in [-0.2, 0) is 0 Å². The Kier molecular flexibility index (Phi) is 4.28. The molecule has 0 saturated carbocycles. The molecule has 0 N–H and O–H groups in total. The Labute approximate surface area is 130 Å². The molecule has 0 atom stereocenters. The summed E-state index contributed by atoms with van der Waals surface area (Å²) in [5, 5.41) is 8.56. The van der Waals surface area contributed by atoms with Gasteiger partial charge in [0.25, 0.3) is 0 Å². The minimum atomic E-state index is 0.562. The lowest BCUT2D eigenvalue weighted by atomic mass is 10.4. The van der Waals surface area contributed by atoms with Crippen LogP contribution < -0.4 is 4.80 Å². The summed E-state index contributed by atoms with van der Waals surface area (Å²) in [5.41, 5.74) is 0.889. The van der Waals surface area contributed by atoms with Gasteiger partial charge in [-0.05, 0) is 23.6 Å². The Bertz CT molecular complexity index is 792. The number of aromatic nitrogens is 1. The zero-order valence-electron chi connectivity index (χ0n) is 11.2. The van der Waals surface area contributed by atoms with Gasteiger partial charge < -0.3 is 4.42 Å². The fourth-order valence-corrected chi connectivity index (χ4v) is 3.14. The molecule has 0 spiro atoms. The maximum Gasteiger partial charge on any atom is 0.206 e. The zero-order valence-corrected chi connectivity index (χ0v) is 12.8. The van der Waals surface area contributed by atoms with E-state index in [4.69, 9.17) is 4.42 Å². The molecule has 0 aliphatic rings. The van der Waals surface area contributed by atoms with Crippen LogP contribution in [0.3, 0.4) is 0 Å². The number of nitrogens with zero attached hydrogens (tertiary/aromatic N) is 3. The van der Waals surface area contributed by atoms with Crippen molar-refractivity contribution >= 4 is 28.9 Å². The van der Waals surface area contributed by atoms with Gasteiger partial charge in [0.15, 0.2) is 5.76 Å². The first-order chi connectivity index (χ1) is 10.4. The van der Waals surface area contributed by atoms with E-state index < -0.39 is 0 Å². The first-order valence-electron chi connectivity index (χ1n) is 6.32. The SMILES string of the molecule is C=CCN=c1scc(-c2ccco2)n1/N=C/c1cccs1. The van der Waals surface area contributed by atoms with Crippen molar-refractivity contribution in [1.29, 1.82) is 0 Å². The quantitative estimate of drug-likeness (QED) is 0.521. The second kappa shape index (κ2) is 6.51. The molecule has 0 bridgehead atoms. The maximum atomic E-state index is 5.47. The van der Waals surface area contributed by atoms with Crippen molar-refractivity contribution in [2.24, 2.45) is 10.1 Å². The molecule has 106 valence electrons. The van der Waals surface area contributed by atoms with E-state index in [2.05, 4.69) is 16.7 Å². The highest BCUT2D eigenvalue weighted by Gasteiger charge is 2.09. The minimum Gasteiger partial charge on any atom is -0.463 e. The van der Waals surface area contributed by atoms with Crippen molar-refractivity contribution in [3.05, 3.63) is 63.6 Å². The average Bonchev–Trinajstić information content (AvgIpc) is 3.22. The van der Waals surface area contributed by atoms with E-state index in [1.54, 1.807) is 28.4 Å². The van der Waals surface area contributed by atoms with Crippen LogP contribution in [0, 0.1) is 0 Å². The summed E-state index contributed by atoms with van der Waals surface area (Å²) in [4.78, 5) is 6.37. The van der Waals surface area contributed by atoms with Gasteiger partial charge in [-0.2, -0.15) is 5.10 Å². The fraction of sp³-hybridized carbons (Fsp3) is 0.0667. The number of furan rings is 1. The second-order valence-electron chi connectivity index (χ2n) is 4.08. The molecule has 0 fully saturated rings. The molecule has 0 aromatic carbocycles. The van der Waals surface area contributed by atoms with Gasteiger partial charge in [0.05, 0.1) is 19.0 Å². The fourth-order valence-electron chi connectivity index (χ4n) is 1.74. The van der Waals surface area contributed by atoms with E-state index in [1.807, 2.05) is 41.2 Å². The molecule has 3 rings (SSSR count). The Hall–Kier alpha value is -2.18. The monoisotopic (exact) mass is 315 g/mol. The van der Waals surface area contributed by atoms with E-state index in [0.717, 1.165) is 21.1 Å². The van der Waals surface area contributed by atoms with E-state index in [0.29, 0.717) is 6.54 Å². The number of thiophene rings is 1. The second-order valence-corrected chi connectivity index (χ2v) is 5.90. The standard InChI is InChI=1S/C15H13N3OS2/c1-2-7-16-15-18(17-10-12-5-4-9-20-12)13(11-21-15)14-6-3-8-19-14/h2-6,8-11H,1,7H2/b16-15?,17-10+. The summed E-state index contributed by atoms with van der Waals surface area (Å²) in [7, 11) is 0. The van der Waals surface area contributed by atoms with Crippen molar-refractivity contribution in [1.82, 2.24) is 4.68 Å². The third-order valence-corrected chi connectivity index (χ3v) is 4.32. The Morgan fingerprint density at radius 1 is 1.29 bits per heavy atom. The average molecular weight is 315 g/mol. The normalized spacial score (nSPS) is 12.3. The van der Waals surface area contributed by atoms with Gasteiger partial charge in [-0.3, -0.25) is 4.99 Å². The van der Waals surface area contributed by atoms with Crippen LogP contribution in [0.5, 0.6) is 0 Å². The Morgan fingerprint density at radius 2 is 2.24 bits per heavy atom. The molecule has 0 aliphatic heterocycles. The van der Waals surface area contributed by atoms with Crippen LogP contribution in [0.25, 0.3) is 11.5 Å². The molecular formula is C15H13N3OS2. The molecule has 0 radical (unpaired) electrons. The molecule has 21 heavy (non-hydrogen) atoms. The number of hydrogen-bond donors (Lipinski definition) is 0. The van der Waals surface area contributed by atoms with Crippen LogP contribution in [0.4, 0.5) is 0 Å². The highest BCUT2D eigenvalue weighted by atomic mass is 32.1. The summed E-state index contributed by atoms with van der Waals surface area (Å²) in [6.45, 7) is 4.26. The minimum absolute atomic E-state index is 0.562. The lowest BCUT2D eigenvalue weighted by Gasteiger charge is -1.99. The van der Waals surface area contributed by atoms with Crippen molar-refractivity contribution < 1.29 is 4.42 Å². The lowest BCUT2D eigenvalue weighted by molar-refractivity contribution is 0.575. The summed E-state index contributed by atoms with van der Waals surface area (Å²) in [6.07, 6.45) is 5.25. The van der Waals surface area contributed by atoms with Crippen LogP contribution in [0.2, 0.25) is 0 Å². The molecule has 3 aromatic heterocycles. The third kappa shape index (κ3) is 3.12. The summed E-state index contributed by atoms with van der Waals surface area (Å²) in [6, 6.07) is 7.80. The van der Waals surface area contributed by atoms with E-state index in [-0.39, 0.29) is 0 Å². The molecule has 0 amide bonds. The van der Waals surface area contributed by atoms with Crippen LogP contribution in [0.15, 0.2) is 68.5 Å². The summed E-state index contributed by atoms with van der Waals surface area (Å²) in [5.74, 6) is 0.773. The van der Waals surface area contributed by atoms with Gasteiger partial charge in [0.2, 0.25) is 4.80 Å². The molecule has 3 aromatic rings. The van der Waals surface area contributed by atoms with Gasteiger partial charge in [-0.25, -0.2) is 4.68 Å². The van der Waals surface area contributed by atoms with Crippen LogP contribution >= 0.6 is 22.7 Å². The number of hydrogen-bond acceptors (Lipinski definition) is 5. The first-order valence-corrected chi connectivity index (χ1v) is 8.08. The molecule has 0 aliphatic carbocycles. The Balaban J connectivity index is 2.06. The predicted molar refractivity (Wildman–Crippen MR) is 87.9 cm³/mol. The van der Waals surface area contributed by atoms with Crippen molar-refractivity contribution in [2.75, 3.05) is 6.54 Å². The molecule has 4 nitrogen and oxygen atoms in total. The third-order valence-electron chi connectivity index (χ3n) is 2.66. The smallest absolute Gasteiger partial charge is 0.206 e. The largest absolute Gasteiger partial charge is 0.463 e. The van der Waals surface area contributed by atoms with Crippen LogP contribution in [0.1, 0.15) is 4.88 Å². The Morgan fingerprint density at radius 3 is 2.95 bits per heavy atom. The highest BCUT2D eigenvalue weighted by molar-refractivity contribution is 7.11. The lowest BCUT2D eigenvalue weighted by Crippen LogP contribution is -2.12. The topological polar surface area (TPSA) is 42.8 Å². The van der Waals surface area contributed by atoms with Crippen molar-refractivity contribution in [3.8, 4) is 11.5 Å². The van der Waals surface area contributed by atoms with Gasteiger partial charge >= 0.3 is 0 Å². The molecule has 6 heteroatoms. The highest BCUT2D eigenvalue weighted by Crippen LogP contribution is 2.20. The van der Waals surface area contributed by atoms with Gasteiger partial charge in [-0.15, -0.1) is 29.3 Å². The van der Waals surface area contributed by atoms with Crippen LogP contribution in [-0.4, -0.2) is 17.4 Å². The van der Waals surface area contributed by atoms with E-state index in [9.17, 15) is 0 Å². The van der Waals surface area contributed by atoms with Gasteiger partial charge in [0, 0.05) is 10.3 Å². The van der Waals surface area contributed by atoms with E-state index >= 15 is 0 Å². The van der Waals surface area contributed by atoms with Crippen molar-refractivity contribution in [3.63, 3.8) is 0 Å². The first kappa shape index (κ1) is 13.8. The molecular weight excluding hydrogens is 302 g/mol. The van der Waals surface area contributed by atoms with E-state index in [1.165, 1.54) is 11.3 Å². The number of rotatable bonds is 5. The summed E-state index contributed by atoms with van der Waals surface area (Å²) >= 11 is 3.17. The van der Waals surface area contributed by atoms with Gasteiger partial charge in [0.1, 0.15) is 5.69 Å². The predicted octanol–water partition coefficient (Wildman–Crippen LogP) is 3.84. The number of thiazole rings is 1. The zero-order chi connectivity index (χ0) is 14.5. The maximum absolute atomic E-state index is 5.47. The molecule has 0 saturated heterocycles. The van der Waals surface area contributed by atoms with Crippen molar-refractivity contribution in [2.45, 2.75) is 0 Å².